The summed E-state index contributed by atoms with van der Waals surface area (Å²) in [5.41, 5.74) is 2.04. The zero-order valence-electron chi connectivity index (χ0n) is 14.9. The van der Waals surface area contributed by atoms with Crippen LogP contribution < -0.4 is 5.32 Å². The molecule has 2 atom stereocenters. The van der Waals surface area contributed by atoms with Crippen molar-refractivity contribution in [3.05, 3.63) is 83.9 Å². The lowest BCUT2D eigenvalue weighted by Gasteiger charge is -2.10. The van der Waals surface area contributed by atoms with Crippen LogP contribution in [-0.4, -0.2) is 17.9 Å². The van der Waals surface area contributed by atoms with Crippen molar-refractivity contribution < 1.29 is 14.3 Å². The Balaban J connectivity index is 1.37. The van der Waals surface area contributed by atoms with E-state index in [0.29, 0.717) is 12.8 Å². The van der Waals surface area contributed by atoms with Gasteiger partial charge in [-0.2, -0.15) is 0 Å². The minimum Gasteiger partial charge on any atom is -0.459 e. The van der Waals surface area contributed by atoms with Crippen LogP contribution in [0.1, 0.15) is 17.5 Å². The van der Waals surface area contributed by atoms with Gasteiger partial charge in [-0.3, -0.25) is 4.79 Å². The highest BCUT2D eigenvalue weighted by Gasteiger charge is 2.36. The van der Waals surface area contributed by atoms with Gasteiger partial charge in [-0.15, -0.1) is 0 Å². The SMILES string of the molecule is O=C1N[C@@H](C(=O)OCc2ccccc2)C[C@@H]1Cc1ccc2ccccc2c1. The molecule has 3 aromatic rings. The van der Waals surface area contributed by atoms with Crippen LogP contribution in [-0.2, 0) is 27.4 Å². The zero-order valence-corrected chi connectivity index (χ0v) is 14.9. The van der Waals surface area contributed by atoms with Crippen LogP contribution in [0.25, 0.3) is 10.8 Å². The van der Waals surface area contributed by atoms with Crippen molar-refractivity contribution in [3.63, 3.8) is 0 Å². The monoisotopic (exact) mass is 359 g/mol. The molecule has 0 saturated carbocycles. The summed E-state index contributed by atoms with van der Waals surface area (Å²) in [7, 11) is 0. The third kappa shape index (κ3) is 4.00. The highest BCUT2D eigenvalue weighted by atomic mass is 16.5. The predicted octanol–water partition coefficient (Wildman–Crippen LogP) is 3.63. The lowest BCUT2D eigenvalue weighted by atomic mass is 9.94. The van der Waals surface area contributed by atoms with Gasteiger partial charge in [0.2, 0.25) is 5.91 Å². The molecular weight excluding hydrogens is 338 g/mol. The molecule has 1 saturated heterocycles. The van der Waals surface area contributed by atoms with Gasteiger partial charge in [-0.25, -0.2) is 4.79 Å². The Morgan fingerprint density at radius 3 is 2.48 bits per heavy atom. The van der Waals surface area contributed by atoms with Crippen molar-refractivity contribution in [2.24, 2.45) is 5.92 Å². The van der Waals surface area contributed by atoms with E-state index in [4.69, 9.17) is 4.74 Å². The van der Waals surface area contributed by atoms with Gasteiger partial charge in [0, 0.05) is 5.92 Å². The molecule has 3 aromatic carbocycles. The summed E-state index contributed by atoms with van der Waals surface area (Å²) in [6.45, 7) is 0.224. The second-order valence-electron chi connectivity index (χ2n) is 6.97. The highest BCUT2D eigenvalue weighted by Crippen LogP contribution is 2.24. The molecule has 1 aliphatic heterocycles. The zero-order chi connectivity index (χ0) is 18.6. The maximum Gasteiger partial charge on any atom is 0.328 e. The standard InChI is InChI=1S/C23H21NO3/c25-22-20(13-17-10-11-18-8-4-5-9-19(18)12-17)14-21(24-22)23(26)27-15-16-6-2-1-3-7-16/h1-12,20-21H,13-15H2,(H,24,25)/t20-,21+/m0/s1. The minimum atomic E-state index is -0.563. The molecule has 4 nitrogen and oxygen atoms in total. The fraction of sp³-hybridized carbons (Fsp3) is 0.217. The molecule has 4 rings (SSSR count). The van der Waals surface area contributed by atoms with E-state index in [-0.39, 0.29) is 24.4 Å². The molecule has 0 aromatic heterocycles. The van der Waals surface area contributed by atoms with Gasteiger partial charge in [0.15, 0.2) is 0 Å². The van der Waals surface area contributed by atoms with Gasteiger partial charge in [-0.1, -0.05) is 72.8 Å². The van der Waals surface area contributed by atoms with Gasteiger partial charge in [0.25, 0.3) is 0 Å². The van der Waals surface area contributed by atoms with Gasteiger partial charge >= 0.3 is 5.97 Å². The molecular formula is C23H21NO3. The third-order valence-corrected chi connectivity index (χ3v) is 5.01. The third-order valence-electron chi connectivity index (χ3n) is 5.01. The fourth-order valence-electron chi connectivity index (χ4n) is 3.55. The van der Waals surface area contributed by atoms with Crippen LogP contribution in [0.15, 0.2) is 72.8 Å². The molecule has 1 heterocycles. The molecule has 1 aliphatic rings. The number of amides is 1. The van der Waals surface area contributed by atoms with Gasteiger partial charge in [-0.05, 0) is 34.7 Å². The summed E-state index contributed by atoms with van der Waals surface area (Å²) < 4.78 is 5.36. The van der Waals surface area contributed by atoms with Crippen molar-refractivity contribution in [2.45, 2.75) is 25.5 Å². The predicted molar refractivity (Wildman–Crippen MR) is 104 cm³/mol. The van der Waals surface area contributed by atoms with Crippen molar-refractivity contribution in [2.75, 3.05) is 0 Å². The number of hydrogen-bond donors (Lipinski definition) is 1. The average molecular weight is 359 g/mol. The number of benzene rings is 3. The van der Waals surface area contributed by atoms with Gasteiger partial charge < -0.3 is 10.1 Å². The average Bonchev–Trinajstić information content (AvgIpc) is 3.07. The maximum atomic E-state index is 12.3. The summed E-state index contributed by atoms with van der Waals surface area (Å²) in [4.78, 5) is 24.6. The quantitative estimate of drug-likeness (QED) is 0.708. The highest BCUT2D eigenvalue weighted by molar-refractivity contribution is 5.90. The molecule has 1 amide bonds. The van der Waals surface area contributed by atoms with Crippen molar-refractivity contribution in [1.29, 1.82) is 0 Å². The van der Waals surface area contributed by atoms with E-state index >= 15 is 0 Å². The normalized spacial score (nSPS) is 19.0. The second-order valence-corrected chi connectivity index (χ2v) is 6.97. The number of nitrogens with one attached hydrogen (secondary N) is 1. The Morgan fingerprint density at radius 2 is 1.67 bits per heavy atom. The maximum absolute atomic E-state index is 12.3. The Bertz CT molecular complexity index is 968. The molecule has 0 bridgehead atoms. The van der Waals surface area contributed by atoms with E-state index in [1.807, 2.05) is 42.5 Å². The summed E-state index contributed by atoms with van der Waals surface area (Å²) in [6, 6.07) is 23.4. The molecule has 0 radical (unpaired) electrons. The van der Waals surface area contributed by atoms with Crippen molar-refractivity contribution in [3.8, 4) is 0 Å². The van der Waals surface area contributed by atoms with Gasteiger partial charge in [0.1, 0.15) is 12.6 Å². The van der Waals surface area contributed by atoms with Crippen LogP contribution in [0.3, 0.4) is 0 Å². The number of rotatable bonds is 5. The lowest BCUT2D eigenvalue weighted by Crippen LogP contribution is -2.34. The Morgan fingerprint density at radius 1 is 0.926 bits per heavy atom. The summed E-state index contributed by atoms with van der Waals surface area (Å²) in [6.07, 6.45) is 1.10. The molecule has 27 heavy (non-hydrogen) atoms. The molecule has 0 unspecified atom stereocenters. The number of carbonyl (C=O) groups excluding carboxylic acids is 2. The van der Waals surface area contributed by atoms with E-state index in [1.165, 1.54) is 5.39 Å². The van der Waals surface area contributed by atoms with Crippen LogP contribution in [0.5, 0.6) is 0 Å². The van der Waals surface area contributed by atoms with Crippen LogP contribution in [0.2, 0.25) is 0 Å². The van der Waals surface area contributed by atoms with Crippen LogP contribution in [0.4, 0.5) is 0 Å². The number of esters is 1. The Labute approximate surface area is 158 Å². The van der Waals surface area contributed by atoms with Crippen LogP contribution in [0, 0.1) is 5.92 Å². The van der Waals surface area contributed by atoms with E-state index in [1.54, 1.807) is 0 Å². The fourth-order valence-corrected chi connectivity index (χ4v) is 3.55. The first-order valence-electron chi connectivity index (χ1n) is 9.17. The number of carbonyl (C=O) groups is 2. The number of fused-ring (bicyclic) bond motifs is 1. The Kier molecular flexibility index (Phi) is 4.88. The molecule has 1 fully saturated rings. The lowest BCUT2D eigenvalue weighted by molar-refractivity contribution is -0.147. The molecule has 0 aliphatic carbocycles. The first-order valence-corrected chi connectivity index (χ1v) is 9.17. The molecule has 136 valence electrons. The molecule has 4 heteroatoms. The van der Waals surface area contributed by atoms with E-state index in [2.05, 4.69) is 35.6 Å². The topological polar surface area (TPSA) is 55.4 Å². The first-order chi connectivity index (χ1) is 13.2. The van der Waals surface area contributed by atoms with Crippen molar-refractivity contribution >= 4 is 22.6 Å². The minimum absolute atomic E-state index is 0.0789. The first kappa shape index (κ1) is 17.3. The molecule has 0 spiro atoms. The summed E-state index contributed by atoms with van der Waals surface area (Å²) in [5.74, 6) is -0.654. The number of ether oxygens (including phenoxy) is 1. The second kappa shape index (κ2) is 7.62. The largest absolute Gasteiger partial charge is 0.459 e. The Hall–Kier alpha value is -3.14. The van der Waals surface area contributed by atoms with Crippen LogP contribution >= 0.6 is 0 Å². The van der Waals surface area contributed by atoms with Crippen molar-refractivity contribution in [1.82, 2.24) is 5.32 Å². The van der Waals surface area contributed by atoms with E-state index in [9.17, 15) is 9.59 Å². The molecule has 1 N–H and O–H groups in total. The summed E-state index contributed by atoms with van der Waals surface area (Å²) >= 11 is 0. The van der Waals surface area contributed by atoms with E-state index < -0.39 is 6.04 Å². The van der Waals surface area contributed by atoms with Gasteiger partial charge in [0.05, 0.1) is 0 Å². The van der Waals surface area contributed by atoms with E-state index in [0.717, 1.165) is 16.5 Å². The summed E-state index contributed by atoms with van der Waals surface area (Å²) in [5, 5.41) is 5.12. The smallest absolute Gasteiger partial charge is 0.328 e. The number of hydrogen-bond acceptors (Lipinski definition) is 3.